The summed E-state index contributed by atoms with van der Waals surface area (Å²) < 4.78 is 0. The van der Waals surface area contributed by atoms with E-state index in [-0.39, 0.29) is 5.41 Å². The van der Waals surface area contributed by atoms with Gasteiger partial charge >= 0.3 is 0 Å². The summed E-state index contributed by atoms with van der Waals surface area (Å²) in [6.07, 6.45) is 12.2. The summed E-state index contributed by atoms with van der Waals surface area (Å²) in [6.45, 7) is 2.60. The molecule has 0 amide bonds. The molecule has 0 aliphatic heterocycles. The first kappa shape index (κ1) is 12.4. The van der Waals surface area contributed by atoms with Crippen LogP contribution in [0.15, 0.2) is 0 Å². The van der Waals surface area contributed by atoms with Gasteiger partial charge in [-0.3, -0.25) is 0 Å². The first-order valence-electron chi connectivity index (χ1n) is 7.16. The Kier molecular flexibility index (Phi) is 4.66. The lowest BCUT2D eigenvalue weighted by Crippen LogP contribution is -2.37. The highest BCUT2D eigenvalue weighted by Crippen LogP contribution is 2.37. The summed E-state index contributed by atoms with van der Waals surface area (Å²) in [4.78, 5) is 0. The summed E-state index contributed by atoms with van der Waals surface area (Å²) in [7, 11) is 0. The van der Waals surface area contributed by atoms with Gasteiger partial charge in [0.1, 0.15) is 0 Å². The van der Waals surface area contributed by atoms with Gasteiger partial charge in [0.2, 0.25) is 0 Å². The Balaban J connectivity index is 1.66. The summed E-state index contributed by atoms with van der Waals surface area (Å²) in [5.74, 6) is 0.908. The summed E-state index contributed by atoms with van der Waals surface area (Å²) in [5.41, 5.74) is 0.231. The fourth-order valence-corrected chi connectivity index (χ4v) is 3.45. The molecule has 2 fully saturated rings. The molecule has 0 atom stereocenters. The van der Waals surface area contributed by atoms with Gasteiger partial charge in [-0.25, -0.2) is 0 Å². The van der Waals surface area contributed by atoms with Crippen molar-refractivity contribution in [2.24, 2.45) is 11.3 Å². The van der Waals surface area contributed by atoms with Crippen molar-refractivity contribution in [1.29, 1.82) is 0 Å². The molecule has 0 unspecified atom stereocenters. The molecule has 0 aromatic rings. The summed E-state index contributed by atoms with van der Waals surface area (Å²) in [6, 6.07) is 0. The lowest BCUT2D eigenvalue weighted by molar-refractivity contribution is 0.126. The van der Waals surface area contributed by atoms with E-state index >= 15 is 0 Å². The van der Waals surface area contributed by atoms with Crippen LogP contribution < -0.4 is 5.32 Å². The molecule has 0 saturated heterocycles. The van der Waals surface area contributed by atoms with Gasteiger partial charge in [-0.2, -0.15) is 0 Å². The largest absolute Gasteiger partial charge is 0.396 e. The van der Waals surface area contributed by atoms with Crippen LogP contribution in [0.1, 0.15) is 57.8 Å². The summed E-state index contributed by atoms with van der Waals surface area (Å²) >= 11 is 0. The second kappa shape index (κ2) is 6.02. The third-order valence-corrected chi connectivity index (χ3v) is 4.66. The molecule has 0 heterocycles. The van der Waals surface area contributed by atoms with Crippen molar-refractivity contribution in [3.63, 3.8) is 0 Å². The molecule has 2 rings (SSSR count). The van der Waals surface area contributed by atoms with Crippen LogP contribution in [0.3, 0.4) is 0 Å². The Labute approximate surface area is 99.8 Å². The Hall–Kier alpha value is -0.0800. The van der Waals surface area contributed by atoms with Crippen LogP contribution in [-0.4, -0.2) is 24.8 Å². The molecule has 0 spiro atoms. The van der Waals surface area contributed by atoms with Gasteiger partial charge in [-0.15, -0.1) is 0 Å². The third kappa shape index (κ3) is 3.21. The molecule has 2 aliphatic carbocycles. The maximum atomic E-state index is 9.51. The fourth-order valence-electron chi connectivity index (χ4n) is 3.45. The topological polar surface area (TPSA) is 32.3 Å². The van der Waals surface area contributed by atoms with Gasteiger partial charge in [-0.05, 0) is 38.1 Å². The Morgan fingerprint density at radius 1 is 1.00 bits per heavy atom. The fraction of sp³-hybridized carbons (Fsp3) is 1.00. The monoisotopic (exact) mass is 225 g/mol. The summed E-state index contributed by atoms with van der Waals surface area (Å²) in [5, 5.41) is 13.1. The first-order chi connectivity index (χ1) is 7.85. The van der Waals surface area contributed by atoms with Crippen molar-refractivity contribution in [2.45, 2.75) is 57.8 Å². The van der Waals surface area contributed by atoms with Crippen molar-refractivity contribution in [2.75, 3.05) is 19.7 Å². The molecule has 2 nitrogen and oxygen atoms in total. The van der Waals surface area contributed by atoms with Crippen LogP contribution in [0.4, 0.5) is 0 Å². The zero-order chi connectivity index (χ0) is 11.3. The molecule has 0 aromatic carbocycles. The van der Waals surface area contributed by atoms with Crippen molar-refractivity contribution in [1.82, 2.24) is 5.32 Å². The number of hydrogen-bond donors (Lipinski definition) is 2. The van der Waals surface area contributed by atoms with Crippen molar-refractivity contribution in [3.05, 3.63) is 0 Å². The van der Waals surface area contributed by atoms with E-state index in [4.69, 9.17) is 0 Å². The van der Waals surface area contributed by atoms with Gasteiger partial charge in [-0.1, -0.05) is 32.1 Å². The minimum atomic E-state index is 0.231. The van der Waals surface area contributed by atoms with Crippen molar-refractivity contribution >= 4 is 0 Å². The molecule has 0 bridgehead atoms. The molecular weight excluding hydrogens is 198 g/mol. The van der Waals surface area contributed by atoms with E-state index in [1.165, 1.54) is 64.3 Å². The van der Waals surface area contributed by atoms with Crippen LogP contribution in [0, 0.1) is 11.3 Å². The van der Waals surface area contributed by atoms with E-state index in [0.717, 1.165) is 12.5 Å². The SMILES string of the molecule is OCC1(CNCC2CCCCC2)CCCC1. The minimum absolute atomic E-state index is 0.231. The third-order valence-electron chi connectivity index (χ3n) is 4.66. The molecule has 0 aromatic heterocycles. The van der Waals surface area contributed by atoms with E-state index in [2.05, 4.69) is 5.32 Å². The van der Waals surface area contributed by atoms with E-state index < -0.39 is 0 Å². The molecule has 2 heteroatoms. The average Bonchev–Trinajstić information content (AvgIpc) is 2.80. The minimum Gasteiger partial charge on any atom is -0.396 e. The zero-order valence-electron chi connectivity index (χ0n) is 10.5. The van der Waals surface area contributed by atoms with Crippen LogP contribution in [0.5, 0.6) is 0 Å². The highest BCUT2D eigenvalue weighted by atomic mass is 16.3. The molecule has 16 heavy (non-hydrogen) atoms. The van der Waals surface area contributed by atoms with Crippen LogP contribution in [0.25, 0.3) is 0 Å². The Bertz CT molecular complexity index is 193. The van der Waals surface area contributed by atoms with E-state index in [9.17, 15) is 5.11 Å². The molecule has 0 radical (unpaired) electrons. The first-order valence-corrected chi connectivity index (χ1v) is 7.16. The van der Waals surface area contributed by atoms with Crippen LogP contribution in [-0.2, 0) is 0 Å². The maximum absolute atomic E-state index is 9.51. The smallest absolute Gasteiger partial charge is 0.0499 e. The maximum Gasteiger partial charge on any atom is 0.0499 e. The van der Waals surface area contributed by atoms with E-state index in [0.29, 0.717) is 6.61 Å². The Morgan fingerprint density at radius 3 is 2.31 bits per heavy atom. The number of nitrogens with one attached hydrogen (secondary N) is 1. The predicted octanol–water partition coefficient (Wildman–Crippen LogP) is 2.71. The zero-order valence-corrected chi connectivity index (χ0v) is 10.5. The van der Waals surface area contributed by atoms with Gasteiger partial charge in [0.05, 0.1) is 0 Å². The second-order valence-electron chi connectivity index (χ2n) is 6.00. The van der Waals surface area contributed by atoms with Gasteiger partial charge in [0.15, 0.2) is 0 Å². The Morgan fingerprint density at radius 2 is 1.69 bits per heavy atom. The quantitative estimate of drug-likeness (QED) is 0.754. The van der Waals surface area contributed by atoms with Gasteiger partial charge < -0.3 is 10.4 Å². The molecular formula is C14H27NO. The lowest BCUT2D eigenvalue weighted by atomic mass is 9.86. The van der Waals surface area contributed by atoms with Crippen molar-refractivity contribution in [3.8, 4) is 0 Å². The number of rotatable bonds is 5. The van der Waals surface area contributed by atoms with Crippen molar-refractivity contribution < 1.29 is 5.11 Å². The lowest BCUT2D eigenvalue weighted by Gasteiger charge is -2.29. The van der Waals surface area contributed by atoms with Gasteiger partial charge in [0, 0.05) is 18.6 Å². The number of aliphatic hydroxyl groups is 1. The standard InChI is InChI=1S/C14H27NO/c16-12-14(8-4-5-9-14)11-15-10-13-6-2-1-3-7-13/h13,15-16H,1-12H2. The van der Waals surface area contributed by atoms with Crippen LogP contribution >= 0.6 is 0 Å². The molecule has 2 N–H and O–H groups in total. The van der Waals surface area contributed by atoms with E-state index in [1.807, 2.05) is 0 Å². The highest BCUT2D eigenvalue weighted by molar-refractivity contribution is 4.86. The highest BCUT2D eigenvalue weighted by Gasteiger charge is 2.32. The second-order valence-corrected chi connectivity index (χ2v) is 6.00. The molecule has 2 aliphatic rings. The predicted molar refractivity (Wildman–Crippen MR) is 67.4 cm³/mol. The van der Waals surface area contributed by atoms with Crippen LogP contribution in [0.2, 0.25) is 0 Å². The molecule has 94 valence electrons. The average molecular weight is 225 g/mol. The number of aliphatic hydroxyl groups excluding tert-OH is 1. The van der Waals surface area contributed by atoms with E-state index in [1.54, 1.807) is 0 Å². The number of hydrogen-bond acceptors (Lipinski definition) is 2. The normalized spacial score (nSPS) is 26.1. The van der Waals surface area contributed by atoms with Gasteiger partial charge in [0.25, 0.3) is 0 Å². The molecule has 2 saturated carbocycles.